The lowest BCUT2D eigenvalue weighted by Crippen LogP contribution is -2.24. The van der Waals surface area contributed by atoms with Gasteiger partial charge in [-0.2, -0.15) is 0 Å². The summed E-state index contributed by atoms with van der Waals surface area (Å²) in [5.41, 5.74) is 0.553. The smallest absolute Gasteiger partial charge is 0.355 e. The van der Waals surface area contributed by atoms with Gasteiger partial charge in [-0.1, -0.05) is 6.07 Å². The summed E-state index contributed by atoms with van der Waals surface area (Å²) in [4.78, 5) is 26.6. The molecule has 0 bridgehead atoms. The molecule has 120 valence electrons. The van der Waals surface area contributed by atoms with Crippen LogP contribution < -0.4 is 5.32 Å². The molecule has 1 fully saturated rings. The highest BCUT2D eigenvalue weighted by Crippen LogP contribution is 2.47. The molecule has 1 aromatic carbocycles. The number of carbonyl (C=O) groups is 2. The highest BCUT2D eigenvalue weighted by atomic mass is 32.1. The van der Waals surface area contributed by atoms with Gasteiger partial charge in [0.1, 0.15) is 5.01 Å². The van der Waals surface area contributed by atoms with Gasteiger partial charge in [-0.25, -0.2) is 18.6 Å². The van der Waals surface area contributed by atoms with Gasteiger partial charge in [-0.3, -0.25) is 4.79 Å². The van der Waals surface area contributed by atoms with Crippen molar-refractivity contribution in [1.29, 1.82) is 0 Å². The summed E-state index contributed by atoms with van der Waals surface area (Å²) in [6.07, 6.45) is 0.579. The molecule has 2 aromatic rings. The first-order valence-corrected chi connectivity index (χ1v) is 7.74. The molecule has 5 nitrogen and oxygen atoms in total. The van der Waals surface area contributed by atoms with Gasteiger partial charge in [0.25, 0.3) is 0 Å². The maximum Gasteiger partial charge on any atom is 0.355 e. The Balaban J connectivity index is 1.55. The number of hydrogen-bond donors (Lipinski definition) is 2. The Kier molecular flexibility index (Phi) is 4.08. The summed E-state index contributed by atoms with van der Waals surface area (Å²) in [6.45, 7) is 0.151. The Morgan fingerprint density at radius 2 is 2.13 bits per heavy atom. The van der Waals surface area contributed by atoms with Crippen LogP contribution >= 0.6 is 11.3 Å². The molecular formula is C15H12F2N2O3S. The van der Waals surface area contributed by atoms with E-state index in [0.717, 1.165) is 23.5 Å². The van der Waals surface area contributed by atoms with Gasteiger partial charge in [0.05, 0.1) is 6.54 Å². The van der Waals surface area contributed by atoms with Crippen molar-refractivity contribution in [2.24, 2.45) is 5.92 Å². The molecule has 1 heterocycles. The molecule has 1 aromatic heterocycles. The highest BCUT2D eigenvalue weighted by Gasteiger charge is 2.44. The van der Waals surface area contributed by atoms with Gasteiger partial charge in [0.15, 0.2) is 17.3 Å². The first-order chi connectivity index (χ1) is 11.0. The average molecular weight is 338 g/mol. The molecule has 2 atom stereocenters. The molecule has 1 amide bonds. The van der Waals surface area contributed by atoms with Crippen molar-refractivity contribution in [3.8, 4) is 0 Å². The first kappa shape index (κ1) is 15.5. The van der Waals surface area contributed by atoms with Crippen LogP contribution in [0.5, 0.6) is 0 Å². The molecule has 0 aliphatic heterocycles. The van der Waals surface area contributed by atoms with Crippen LogP contribution in [-0.4, -0.2) is 22.0 Å². The van der Waals surface area contributed by atoms with Gasteiger partial charge in [-0.15, -0.1) is 11.3 Å². The quantitative estimate of drug-likeness (QED) is 0.878. The normalized spacial score (nSPS) is 19.4. The topological polar surface area (TPSA) is 79.3 Å². The summed E-state index contributed by atoms with van der Waals surface area (Å²) in [5, 5.41) is 13.4. The molecule has 2 N–H and O–H groups in total. The Labute approximate surface area is 134 Å². The van der Waals surface area contributed by atoms with E-state index in [4.69, 9.17) is 5.11 Å². The van der Waals surface area contributed by atoms with Crippen LogP contribution in [0.1, 0.15) is 33.4 Å². The van der Waals surface area contributed by atoms with Gasteiger partial charge in [-0.05, 0) is 30.0 Å². The third kappa shape index (κ3) is 3.37. The van der Waals surface area contributed by atoms with Crippen LogP contribution in [0.3, 0.4) is 0 Å². The zero-order valence-electron chi connectivity index (χ0n) is 11.8. The molecule has 0 radical (unpaired) electrons. The lowest BCUT2D eigenvalue weighted by atomic mass is 10.1. The molecule has 2 unspecified atom stereocenters. The van der Waals surface area contributed by atoms with Crippen molar-refractivity contribution in [3.63, 3.8) is 0 Å². The lowest BCUT2D eigenvalue weighted by molar-refractivity contribution is -0.122. The number of rotatable bonds is 5. The summed E-state index contributed by atoms with van der Waals surface area (Å²) in [5.74, 6) is -3.54. The van der Waals surface area contributed by atoms with Gasteiger partial charge in [0.2, 0.25) is 5.91 Å². The largest absolute Gasteiger partial charge is 0.476 e. The standard InChI is InChI=1S/C15H12F2N2O3S/c16-10-2-1-7(3-11(10)17)8-4-9(8)14(20)18-5-13-19-12(6-23-13)15(21)22/h1-3,6,8-9H,4-5H2,(H,18,20)(H,21,22). The number of aromatic nitrogens is 1. The summed E-state index contributed by atoms with van der Waals surface area (Å²) in [6, 6.07) is 3.66. The van der Waals surface area contributed by atoms with Crippen LogP contribution in [0, 0.1) is 17.6 Å². The number of carbonyl (C=O) groups excluding carboxylic acids is 1. The molecule has 23 heavy (non-hydrogen) atoms. The van der Waals surface area contributed by atoms with Crippen molar-refractivity contribution >= 4 is 23.2 Å². The fourth-order valence-corrected chi connectivity index (χ4v) is 3.09. The predicted molar refractivity (Wildman–Crippen MR) is 78.1 cm³/mol. The highest BCUT2D eigenvalue weighted by molar-refractivity contribution is 7.09. The minimum atomic E-state index is -1.11. The van der Waals surface area contributed by atoms with Crippen molar-refractivity contribution < 1.29 is 23.5 Å². The summed E-state index contributed by atoms with van der Waals surface area (Å²) in [7, 11) is 0. The number of thiazole rings is 1. The molecule has 8 heteroatoms. The fraction of sp³-hybridized carbons (Fsp3) is 0.267. The van der Waals surface area contributed by atoms with Gasteiger partial charge in [0, 0.05) is 11.3 Å². The molecule has 0 saturated heterocycles. The molecule has 3 rings (SSSR count). The Morgan fingerprint density at radius 1 is 1.35 bits per heavy atom. The minimum Gasteiger partial charge on any atom is -0.476 e. The van der Waals surface area contributed by atoms with Crippen LogP contribution in [0.25, 0.3) is 0 Å². The second-order valence-corrected chi connectivity index (χ2v) is 6.21. The van der Waals surface area contributed by atoms with E-state index in [9.17, 15) is 18.4 Å². The monoisotopic (exact) mass is 338 g/mol. The molecule has 0 spiro atoms. The molecular weight excluding hydrogens is 326 g/mol. The average Bonchev–Trinajstić information content (AvgIpc) is 3.17. The summed E-state index contributed by atoms with van der Waals surface area (Å²) >= 11 is 1.15. The van der Waals surface area contributed by atoms with E-state index in [1.54, 1.807) is 0 Å². The number of aromatic carboxylic acids is 1. The number of halogens is 2. The third-order valence-corrected chi connectivity index (χ3v) is 4.53. The number of nitrogens with zero attached hydrogens (tertiary/aromatic N) is 1. The van der Waals surface area contributed by atoms with Crippen LogP contribution in [0.15, 0.2) is 23.6 Å². The zero-order chi connectivity index (χ0) is 16.6. The maximum absolute atomic E-state index is 13.2. The Bertz CT molecular complexity index is 778. The van der Waals surface area contributed by atoms with E-state index < -0.39 is 17.6 Å². The molecule has 1 aliphatic carbocycles. The predicted octanol–water partition coefficient (Wildman–Crippen LogP) is 2.54. The van der Waals surface area contributed by atoms with E-state index in [1.165, 1.54) is 11.4 Å². The van der Waals surface area contributed by atoms with Gasteiger partial charge >= 0.3 is 5.97 Å². The van der Waals surface area contributed by atoms with E-state index in [-0.39, 0.29) is 30.0 Å². The van der Waals surface area contributed by atoms with Crippen LogP contribution in [0.4, 0.5) is 8.78 Å². The number of benzene rings is 1. The minimum absolute atomic E-state index is 0.0506. The molecule has 1 saturated carbocycles. The Hall–Kier alpha value is -2.35. The van der Waals surface area contributed by atoms with Crippen molar-refractivity contribution in [3.05, 3.63) is 51.5 Å². The lowest BCUT2D eigenvalue weighted by Gasteiger charge is -2.03. The van der Waals surface area contributed by atoms with E-state index in [0.29, 0.717) is 17.0 Å². The number of nitrogens with one attached hydrogen (secondary N) is 1. The van der Waals surface area contributed by atoms with Crippen LogP contribution in [0.2, 0.25) is 0 Å². The molecule has 1 aliphatic rings. The van der Waals surface area contributed by atoms with Crippen molar-refractivity contribution in [2.45, 2.75) is 18.9 Å². The SMILES string of the molecule is O=C(O)c1csc(CNC(=O)C2CC2c2ccc(F)c(F)c2)n1. The first-order valence-electron chi connectivity index (χ1n) is 6.86. The number of amides is 1. The summed E-state index contributed by atoms with van der Waals surface area (Å²) < 4.78 is 26.1. The fourth-order valence-electron chi connectivity index (χ4n) is 2.38. The Morgan fingerprint density at radius 3 is 2.78 bits per heavy atom. The maximum atomic E-state index is 13.2. The second kappa shape index (κ2) is 6.04. The zero-order valence-corrected chi connectivity index (χ0v) is 12.6. The number of carboxylic acids is 1. The van der Waals surface area contributed by atoms with Crippen LogP contribution in [-0.2, 0) is 11.3 Å². The van der Waals surface area contributed by atoms with Gasteiger partial charge < -0.3 is 10.4 Å². The van der Waals surface area contributed by atoms with E-state index in [2.05, 4.69) is 10.3 Å². The van der Waals surface area contributed by atoms with E-state index >= 15 is 0 Å². The second-order valence-electron chi connectivity index (χ2n) is 5.27. The van der Waals surface area contributed by atoms with Crippen molar-refractivity contribution in [2.75, 3.05) is 0 Å². The van der Waals surface area contributed by atoms with Crippen molar-refractivity contribution in [1.82, 2.24) is 10.3 Å². The number of hydrogen-bond acceptors (Lipinski definition) is 4. The third-order valence-electron chi connectivity index (χ3n) is 3.68. The number of carboxylic acid groups (broad SMARTS) is 1. The van der Waals surface area contributed by atoms with E-state index in [1.807, 2.05) is 0 Å².